The highest BCUT2D eigenvalue weighted by molar-refractivity contribution is 6.22. The summed E-state index contributed by atoms with van der Waals surface area (Å²) in [5.41, 5.74) is 0.649. The van der Waals surface area contributed by atoms with Gasteiger partial charge in [0.1, 0.15) is 5.75 Å². The molecule has 2 heterocycles. The van der Waals surface area contributed by atoms with Crippen LogP contribution < -0.4 is 9.64 Å². The Morgan fingerprint density at radius 1 is 1.00 bits per heavy atom. The SMILES string of the molecule is COc1ccc(N2C(=O)C[C@H](N3CCC[C@H]4CCCC[C@H]43)C2=O)cc1. The third-order valence-corrected chi connectivity index (χ3v) is 6.14. The Morgan fingerprint density at radius 3 is 2.48 bits per heavy atom. The molecule has 3 atom stereocenters. The Balaban J connectivity index is 1.55. The molecule has 25 heavy (non-hydrogen) atoms. The first-order valence-electron chi connectivity index (χ1n) is 9.45. The van der Waals surface area contributed by atoms with Crippen molar-refractivity contribution in [3.63, 3.8) is 0 Å². The van der Waals surface area contributed by atoms with Crippen molar-refractivity contribution in [1.29, 1.82) is 0 Å². The molecule has 4 rings (SSSR count). The fraction of sp³-hybridized carbons (Fsp3) is 0.600. The smallest absolute Gasteiger partial charge is 0.251 e. The normalized spacial score (nSPS) is 30.4. The Kier molecular flexibility index (Phi) is 4.50. The largest absolute Gasteiger partial charge is 0.497 e. The average Bonchev–Trinajstić information content (AvgIpc) is 2.95. The fourth-order valence-electron chi connectivity index (χ4n) is 4.93. The Hall–Kier alpha value is -1.88. The van der Waals surface area contributed by atoms with Gasteiger partial charge in [-0.15, -0.1) is 0 Å². The summed E-state index contributed by atoms with van der Waals surface area (Å²) in [7, 11) is 1.61. The highest BCUT2D eigenvalue weighted by Gasteiger charge is 2.47. The minimum absolute atomic E-state index is 0.0543. The number of imide groups is 1. The van der Waals surface area contributed by atoms with Gasteiger partial charge >= 0.3 is 0 Å². The van der Waals surface area contributed by atoms with Gasteiger partial charge < -0.3 is 4.74 Å². The van der Waals surface area contributed by atoms with Crippen LogP contribution in [-0.2, 0) is 9.59 Å². The van der Waals surface area contributed by atoms with Crippen molar-refractivity contribution in [3.8, 4) is 5.75 Å². The summed E-state index contributed by atoms with van der Waals surface area (Å²) in [4.78, 5) is 29.4. The maximum absolute atomic E-state index is 13.1. The molecule has 2 amide bonds. The van der Waals surface area contributed by atoms with E-state index in [1.807, 2.05) is 0 Å². The number of rotatable bonds is 3. The lowest BCUT2D eigenvalue weighted by Crippen LogP contribution is -2.54. The van der Waals surface area contributed by atoms with E-state index in [2.05, 4.69) is 4.90 Å². The highest BCUT2D eigenvalue weighted by Crippen LogP contribution is 2.38. The van der Waals surface area contributed by atoms with Crippen LogP contribution >= 0.6 is 0 Å². The Bertz CT molecular complexity index is 655. The molecule has 0 aromatic heterocycles. The van der Waals surface area contributed by atoms with Crippen LogP contribution in [0.25, 0.3) is 0 Å². The number of amides is 2. The molecule has 5 heteroatoms. The number of hydrogen-bond acceptors (Lipinski definition) is 4. The molecule has 0 unspecified atom stereocenters. The summed E-state index contributed by atoms with van der Waals surface area (Å²) in [6, 6.07) is 7.37. The number of methoxy groups -OCH3 is 1. The molecular weight excluding hydrogens is 316 g/mol. The first-order valence-corrected chi connectivity index (χ1v) is 9.45. The summed E-state index contributed by atoms with van der Waals surface area (Å²) in [5, 5.41) is 0. The van der Waals surface area contributed by atoms with E-state index in [-0.39, 0.29) is 17.9 Å². The topological polar surface area (TPSA) is 49.9 Å². The van der Waals surface area contributed by atoms with Gasteiger partial charge in [0.2, 0.25) is 5.91 Å². The van der Waals surface area contributed by atoms with E-state index in [1.54, 1.807) is 31.4 Å². The molecule has 0 bridgehead atoms. The van der Waals surface area contributed by atoms with Crippen LogP contribution in [-0.4, -0.2) is 42.5 Å². The molecule has 5 nitrogen and oxygen atoms in total. The standard InChI is InChI=1S/C20H26N2O3/c1-25-16-10-8-15(9-11-16)22-19(23)13-18(20(22)24)21-12-4-6-14-5-2-3-7-17(14)21/h8-11,14,17-18H,2-7,12-13H2,1H3/t14-,17-,18+/m1/s1. The number of fused-ring (bicyclic) bond motifs is 1. The first-order chi connectivity index (χ1) is 12.2. The van der Waals surface area contributed by atoms with Crippen molar-refractivity contribution >= 4 is 17.5 Å². The molecule has 0 radical (unpaired) electrons. The van der Waals surface area contributed by atoms with Gasteiger partial charge in [0, 0.05) is 6.04 Å². The van der Waals surface area contributed by atoms with Crippen molar-refractivity contribution in [2.75, 3.05) is 18.6 Å². The summed E-state index contributed by atoms with van der Waals surface area (Å²) in [6.07, 6.45) is 7.73. The number of likely N-dealkylation sites (tertiary alicyclic amines) is 1. The van der Waals surface area contributed by atoms with E-state index in [0.29, 0.717) is 24.1 Å². The molecule has 0 spiro atoms. The van der Waals surface area contributed by atoms with Crippen molar-refractivity contribution in [3.05, 3.63) is 24.3 Å². The van der Waals surface area contributed by atoms with Crippen LogP contribution in [0.1, 0.15) is 44.9 Å². The summed E-state index contributed by atoms with van der Waals surface area (Å²) in [6.45, 7) is 0.946. The third kappa shape index (κ3) is 2.95. The summed E-state index contributed by atoms with van der Waals surface area (Å²) >= 11 is 0. The van der Waals surface area contributed by atoms with Crippen molar-refractivity contribution in [1.82, 2.24) is 4.90 Å². The monoisotopic (exact) mass is 342 g/mol. The van der Waals surface area contributed by atoms with Crippen LogP contribution in [0, 0.1) is 5.92 Å². The van der Waals surface area contributed by atoms with E-state index in [0.717, 1.165) is 18.7 Å². The fourth-order valence-corrected chi connectivity index (χ4v) is 4.93. The number of hydrogen-bond donors (Lipinski definition) is 0. The number of carbonyl (C=O) groups excluding carboxylic acids is 2. The first kappa shape index (κ1) is 16.6. The lowest BCUT2D eigenvalue weighted by atomic mass is 9.77. The molecule has 3 fully saturated rings. The van der Waals surface area contributed by atoms with E-state index in [4.69, 9.17) is 4.74 Å². The zero-order valence-electron chi connectivity index (χ0n) is 14.8. The van der Waals surface area contributed by atoms with Gasteiger partial charge in [-0.1, -0.05) is 12.8 Å². The zero-order valence-corrected chi connectivity index (χ0v) is 14.8. The van der Waals surface area contributed by atoms with E-state index < -0.39 is 0 Å². The number of nitrogens with zero attached hydrogens (tertiary/aromatic N) is 2. The predicted octanol–water partition coefficient (Wildman–Crippen LogP) is 2.98. The molecule has 134 valence electrons. The van der Waals surface area contributed by atoms with E-state index in [1.165, 1.54) is 37.0 Å². The molecule has 1 aromatic carbocycles. The Morgan fingerprint density at radius 2 is 1.72 bits per heavy atom. The molecule has 3 aliphatic rings. The van der Waals surface area contributed by atoms with Gasteiger partial charge in [-0.25, -0.2) is 4.90 Å². The van der Waals surface area contributed by atoms with Gasteiger partial charge in [-0.05, 0) is 62.4 Å². The van der Waals surface area contributed by atoms with Crippen LogP contribution in [0.5, 0.6) is 5.75 Å². The van der Waals surface area contributed by atoms with Gasteiger partial charge in [0.25, 0.3) is 5.91 Å². The van der Waals surface area contributed by atoms with Crippen LogP contribution in [0.4, 0.5) is 5.69 Å². The minimum atomic E-state index is -0.277. The number of benzene rings is 1. The predicted molar refractivity (Wildman–Crippen MR) is 95.6 cm³/mol. The molecule has 2 saturated heterocycles. The molecule has 0 N–H and O–H groups in total. The van der Waals surface area contributed by atoms with E-state index >= 15 is 0 Å². The second kappa shape index (κ2) is 6.79. The number of piperidine rings is 1. The second-order valence-corrected chi connectivity index (χ2v) is 7.48. The van der Waals surface area contributed by atoms with Gasteiger partial charge in [0.05, 0.1) is 25.3 Å². The quantitative estimate of drug-likeness (QED) is 0.793. The minimum Gasteiger partial charge on any atom is -0.497 e. The molecule has 1 saturated carbocycles. The number of carbonyl (C=O) groups is 2. The van der Waals surface area contributed by atoms with Crippen molar-refractivity contribution in [2.24, 2.45) is 5.92 Å². The molecule has 1 aliphatic carbocycles. The van der Waals surface area contributed by atoms with Gasteiger partial charge in [-0.3, -0.25) is 14.5 Å². The number of anilines is 1. The lowest BCUT2D eigenvalue weighted by Gasteiger charge is -2.46. The third-order valence-electron chi connectivity index (χ3n) is 6.14. The van der Waals surface area contributed by atoms with Gasteiger partial charge in [-0.2, -0.15) is 0 Å². The van der Waals surface area contributed by atoms with Crippen molar-refractivity contribution in [2.45, 2.75) is 57.0 Å². The number of ether oxygens (including phenoxy) is 1. The maximum atomic E-state index is 13.1. The summed E-state index contributed by atoms with van der Waals surface area (Å²) < 4.78 is 5.16. The summed E-state index contributed by atoms with van der Waals surface area (Å²) in [5.74, 6) is 1.29. The van der Waals surface area contributed by atoms with Crippen LogP contribution in [0.15, 0.2) is 24.3 Å². The lowest BCUT2D eigenvalue weighted by molar-refractivity contribution is -0.124. The molecule has 2 aliphatic heterocycles. The highest BCUT2D eigenvalue weighted by atomic mass is 16.5. The zero-order chi connectivity index (χ0) is 17.4. The second-order valence-electron chi connectivity index (χ2n) is 7.48. The van der Waals surface area contributed by atoms with Gasteiger partial charge in [0.15, 0.2) is 0 Å². The Labute approximate surface area is 148 Å². The molecular formula is C20H26N2O3. The average molecular weight is 342 g/mol. The maximum Gasteiger partial charge on any atom is 0.251 e. The van der Waals surface area contributed by atoms with Crippen LogP contribution in [0.2, 0.25) is 0 Å². The van der Waals surface area contributed by atoms with E-state index in [9.17, 15) is 9.59 Å². The van der Waals surface area contributed by atoms with Crippen LogP contribution in [0.3, 0.4) is 0 Å². The van der Waals surface area contributed by atoms with Crippen molar-refractivity contribution < 1.29 is 14.3 Å². The molecule has 1 aromatic rings.